The molecule has 0 unspecified atom stereocenters. The van der Waals surface area contributed by atoms with Gasteiger partial charge in [-0.05, 0) is 36.0 Å². The highest BCUT2D eigenvalue weighted by Gasteiger charge is 2.12. The van der Waals surface area contributed by atoms with Gasteiger partial charge in [0.25, 0.3) is 0 Å². The van der Waals surface area contributed by atoms with E-state index in [1.807, 2.05) is 25.1 Å². The van der Waals surface area contributed by atoms with Crippen LogP contribution in [0.5, 0.6) is 0 Å². The van der Waals surface area contributed by atoms with E-state index in [2.05, 4.69) is 15.5 Å². The Balaban J connectivity index is 2.31. The summed E-state index contributed by atoms with van der Waals surface area (Å²) in [4.78, 5) is 12.3. The van der Waals surface area contributed by atoms with Gasteiger partial charge in [0.05, 0.1) is 0 Å². The normalized spacial score (nSPS) is 10.9. The lowest BCUT2D eigenvalue weighted by Crippen LogP contribution is -2.14. The predicted molar refractivity (Wildman–Crippen MR) is 76.8 cm³/mol. The Kier molecular flexibility index (Phi) is 4.68. The van der Waals surface area contributed by atoms with Gasteiger partial charge in [0.2, 0.25) is 0 Å². The summed E-state index contributed by atoms with van der Waals surface area (Å²) in [6.07, 6.45) is 0. The minimum absolute atomic E-state index is 0.224. The maximum absolute atomic E-state index is 11.3. The number of aromatic nitrogens is 3. The highest BCUT2D eigenvalue weighted by Crippen LogP contribution is 2.32. The van der Waals surface area contributed by atoms with E-state index in [9.17, 15) is 4.79 Å². The summed E-state index contributed by atoms with van der Waals surface area (Å²) in [5, 5.41) is 11.0. The first-order valence-corrected chi connectivity index (χ1v) is 7.10. The van der Waals surface area contributed by atoms with Crippen molar-refractivity contribution in [2.45, 2.75) is 23.5 Å². The fourth-order valence-corrected chi connectivity index (χ4v) is 2.84. The topological polar surface area (TPSA) is 62.7 Å². The third-order valence-corrected chi connectivity index (χ3v) is 4.17. The van der Waals surface area contributed by atoms with Crippen LogP contribution in [-0.2, 0) is 13.6 Å². The molecule has 0 spiro atoms. The third-order valence-electron chi connectivity index (χ3n) is 2.67. The lowest BCUT2D eigenvalue weighted by molar-refractivity contribution is 0.717. The molecule has 0 saturated heterocycles. The fourth-order valence-electron chi connectivity index (χ4n) is 1.58. The van der Waals surface area contributed by atoms with Gasteiger partial charge in [0.1, 0.15) is 0 Å². The highest BCUT2D eigenvalue weighted by atomic mass is 35.5. The van der Waals surface area contributed by atoms with Crippen LogP contribution in [0.15, 0.2) is 33.0 Å². The second kappa shape index (κ2) is 6.27. The minimum atomic E-state index is -0.224. The average Bonchev–Trinajstić information content (AvgIpc) is 2.70. The van der Waals surface area contributed by atoms with Crippen LogP contribution in [-0.4, -0.2) is 21.3 Å². The highest BCUT2D eigenvalue weighted by molar-refractivity contribution is 7.99. The average molecular weight is 299 g/mol. The van der Waals surface area contributed by atoms with E-state index in [0.717, 1.165) is 17.0 Å². The molecule has 2 N–H and O–H groups in total. The molecule has 1 aromatic carbocycles. The van der Waals surface area contributed by atoms with Crippen LogP contribution in [0, 0.1) is 0 Å². The molecule has 0 bridgehead atoms. The molecule has 0 atom stereocenters. The molecular weight excluding hydrogens is 284 g/mol. The first-order chi connectivity index (χ1) is 9.13. The molecule has 2 rings (SSSR count). The number of rotatable bonds is 5. The Morgan fingerprint density at radius 1 is 1.53 bits per heavy atom. The first-order valence-electron chi connectivity index (χ1n) is 5.90. The van der Waals surface area contributed by atoms with Crippen LogP contribution in [0.25, 0.3) is 0 Å². The Morgan fingerprint density at radius 2 is 2.32 bits per heavy atom. The molecule has 102 valence electrons. The number of hydrogen-bond acceptors (Lipinski definition) is 4. The van der Waals surface area contributed by atoms with Crippen LogP contribution >= 0.6 is 23.4 Å². The molecular formula is C12H15ClN4OS. The molecule has 0 fully saturated rings. The summed E-state index contributed by atoms with van der Waals surface area (Å²) in [6.45, 7) is 3.61. The van der Waals surface area contributed by atoms with Crippen LogP contribution in [0.3, 0.4) is 0 Å². The Bertz CT molecular complexity index is 622. The van der Waals surface area contributed by atoms with E-state index in [0.29, 0.717) is 16.7 Å². The summed E-state index contributed by atoms with van der Waals surface area (Å²) in [5.41, 5.74) is 0.796. The molecule has 1 aromatic heterocycles. The minimum Gasteiger partial charge on any atom is -0.313 e. The van der Waals surface area contributed by atoms with Crippen molar-refractivity contribution in [3.8, 4) is 0 Å². The zero-order chi connectivity index (χ0) is 13.8. The summed E-state index contributed by atoms with van der Waals surface area (Å²) in [7, 11) is 1.68. The summed E-state index contributed by atoms with van der Waals surface area (Å²) >= 11 is 7.65. The molecule has 19 heavy (non-hydrogen) atoms. The summed E-state index contributed by atoms with van der Waals surface area (Å²) in [5.74, 6) is 0. The monoisotopic (exact) mass is 298 g/mol. The van der Waals surface area contributed by atoms with Crippen molar-refractivity contribution < 1.29 is 0 Å². The van der Waals surface area contributed by atoms with E-state index < -0.39 is 0 Å². The smallest absolute Gasteiger partial charge is 0.313 e. The standard InChI is InChI=1S/C12H15ClN4OS/c1-3-14-7-8-9(13)5-4-6-10(8)19-12-16-15-11(18)17(12)2/h4-6,14H,3,7H2,1-2H3,(H,15,18). The van der Waals surface area contributed by atoms with Crippen molar-refractivity contribution in [1.82, 2.24) is 20.1 Å². The van der Waals surface area contributed by atoms with E-state index in [4.69, 9.17) is 11.6 Å². The van der Waals surface area contributed by atoms with Crippen molar-refractivity contribution in [2.75, 3.05) is 6.54 Å². The van der Waals surface area contributed by atoms with Crippen LogP contribution in [0.2, 0.25) is 5.02 Å². The number of hydrogen-bond donors (Lipinski definition) is 2. The molecule has 0 saturated carbocycles. The largest absolute Gasteiger partial charge is 0.343 e. The van der Waals surface area contributed by atoms with Gasteiger partial charge in [-0.15, -0.1) is 5.10 Å². The maximum Gasteiger partial charge on any atom is 0.343 e. The van der Waals surface area contributed by atoms with Gasteiger partial charge in [0.15, 0.2) is 5.16 Å². The Hall–Kier alpha value is -1.24. The first kappa shape index (κ1) is 14.2. The number of nitrogens with zero attached hydrogens (tertiary/aromatic N) is 2. The molecule has 7 heteroatoms. The number of benzene rings is 1. The van der Waals surface area contributed by atoms with E-state index in [-0.39, 0.29) is 5.69 Å². The van der Waals surface area contributed by atoms with E-state index >= 15 is 0 Å². The molecule has 5 nitrogen and oxygen atoms in total. The second-order valence-electron chi connectivity index (χ2n) is 3.97. The zero-order valence-electron chi connectivity index (χ0n) is 10.7. The van der Waals surface area contributed by atoms with Crippen LogP contribution in [0.4, 0.5) is 0 Å². The van der Waals surface area contributed by atoms with E-state index in [1.165, 1.54) is 16.3 Å². The molecule has 1 heterocycles. The third kappa shape index (κ3) is 3.20. The number of nitrogens with one attached hydrogen (secondary N) is 2. The number of H-pyrrole nitrogens is 1. The molecule has 0 aliphatic carbocycles. The predicted octanol–water partition coefficient (Wildman–Crippen LogP) is 2.02. The van der Waals surface area contributed by atoms with Gasteiger partial charge >= 0.3 is 5.69 Å². The van der Waals surface area contributed by atoms with Crippen molar-refractivity contribution in [3.05, 3.63) is 39.3 Å². The summed E-state index contributed by atoms with van der Waals surface area (Å²) in [6, 6.07) is 5.73. The fraction of sp³-hybridized carbons (Fsp3) is 0.333. The van der Waals surface area contributed by atoms with Gasteiger partial charge in [-0.3, -0.25) is 4.57 Å². The zero-order valence-corrected chi connectivity index (χ0v) is 12.3. The van der Waals surface area contributed by atoms with Crippen molar-refractivity contribution >= 4 is 23.4 Å². The van der Waals surface area contributed by atoms with Gasteiger partial charge in [-0.1, -0.05) is 24.6 Å². The van der Waals surface area contributed by atoms with Crippen LogP contribution in [0.1, 0.15) is 12.5 Å². The van der Waals surface area contributed by atoms with Gasteiger partial charge < -0.3 is 5.32 Å². The van der Waals surface area contributed by atoms with Crippen molar-refractivity contribution in [3.63, 3.8) is 0 Å². The molecule has 0 amide bonds. The van der Waals surface area contributed by atoms with Crippen LogP contribution < -0.4 is 11.0 Å². The quantitative estimate of drug-likeness (QED) is 0.886. The number of aromatic amines is 1. The maximum atomic E-state index is 11.3. The summed E-state index contributed by atoms with van der Waals surface area (Å²) < 4.78 is 1.47. The Morgan fingerprint density at radius 3 is 2.95 bits per heavy atom. The molecule has 0 aliphatic heterocycles. The Labute approximate surface area is 120 Å². The van der Waals surface area contributed by atoms with Crippen molar-refractivity contribution in [2.24, 2.45) is 7.05 Å². The molecule has 0 aliphatic rings. The lowest BCUT2D eigenvalue weighted by Gasteiger charge is -2.10. The number of halogens is 1. The van der Waals surface area contributed by atoms with E-state index in [1.54, 1.807) is 7.05 Å². The van der Waals surface area contributed by atoms with Gasteiger partial charge in [0, 0.05) is 23.5 Å². The van der Waals surface area contributed by atoms with Gasteiger partial charge in [-0.2, -0.15) is 0 Å². The molecule has 0 radical (unpaired) electrons. The van der Waals surface area contributed by atoms with Crippen molar-refractivity contribution in [1.29, 1.82) is 0 Å². The SMILES string of the molecule is CCNCc1c(Cl)cccc1Sc1n[nH]c(=O)n1C. The molecule has 2 aromatic rings. The lowest BCUT2D eigenvalue weighted by atomic mass is 10.2. The second-order valence-corrected chi connectivity index (χ2v) is 5.39. The van der Waals surface area contributed by atoms with Gasteiger partial charge in [-0.25, -0.2) is 9.89 Å².